The Kier molecular flexibility index (Phi) is 4.55. The van der Waals surface area contributed by atoms with Gasteiger partial charge >= 0.3 is 0 Å². The summed E-state index contributed by atoms with van der Waals surface area (Å²) in [6.45, 7) is 5.38. The standard InChI is InChI=1S/C21H21N3O2/c1-21(2,3)18(25)12-17(20(22)26)23-24-19-15-10-6-4-8-13(15)14-9-5-7-11-16(14)19/h4-11H,12H2,1-3H3,(H2,22,26). The highest BCUT2D eigenvalue weighted by atomic mass is 16.1. The first-order valence-corrected chi connectivity index (χ1v) is 8.46. The molecule has 0 heterocycles. The minimum absolute atomic E-state index is 0.0284. The van der Waals surface area contributed by atoms with Crippen LogP contribution in [-0.4, -0.2) is 23.1 Å². The van der Waals surface area contributed by atoms with Crippen molar-refractivity contribution in [3.8, 4) is 11.1 Å². The summed E-state index contributed by atoms with van der Waals surface area (Å²) >= 11 is 0. The lowest BCUT2D eigenvalue weighted by Crippen LogP contribution is -2.30. The molecule has 0 atom stereocenters. The molecule has 0 fully saturated rings. The van der Waals surface area contributed by atoms with Crippen LogP contribution in [0.1, 0.15) is 38.3 Å². The van der Waals surface area contributed by atoms with Gasteiger partial charge in [-0.3, -0.25) is 9.59 Å². The molecular weight excluding hydrogens is 326 g/mol. The van der Waals surface area contributed by atoms with Gasteiger partial charge in [-0.2, -0.15) is 0 Å². The first-order chi connectivity index (χ1) is 12.3. The zero-order chi connectivity index (χ0) is 18.9. The smallest absolute Gasteiger partial charge is 0.265 e. The number of carbonyl (C=O) groups is 2. The SMILES string of the molecule is CC(C)(C)C(=O)CC(=NN=C1c2ccccc2-c2ccccc21)C(N)=O. The molecule has 3 rings (SSSR count). The van der Waals surface area contributed by atoms with Crippen LogP contribution in [0, 0.1) is 5.41 Å². The summed E-state index contributed by atoms with van der Waals surface area (Å²) in [6, 6.07) is 15.8. The molecule has 1 aliphatic carbocycles. The van der Waals surface area contributed by atoms with E-state index in [0.717, 1.165) is 22.3 Å². The quantitative estimate of drug-likeness (QED) is 0.580. The number of Topliss-reactive ketones (excluding diaryl/α,β-unsaturated/α-hetero) is 1. The van der Waals surface area contributed by atoms with Crippen molar-refractivity contribution in [2.45, 2.75) is 27.2 Å². The zero-order valence-corrected chi connectivity index (χ0v) is 15.1. The van der Waals surface area contributed by atoms with Gasteiger partial charge in [0.2, 0.25) is 0 Å². The van der Waals surface area contributed by atoms with E-state index in [0.29, 0.717) is 5.71 Å². The highest BCUT2D eigenvalue weighted by Crippen LogP contribution is 2.36. The molecular formula is C21H21N3O2. The van der Waals surface area contributed by atoms with E-state index in [1.165, 1.54) is 0 Å². The van der Waals surface area contributed by atoms with Crippen molar-refractivity contribution in [1.29, 1.82) is 0 Å². The summed E-state index contributed by atoms with van der Waals surface area (Å²) in [7, 11) is 0. The summed E-state index contributed by atoms with van der Waals surface area (Å²) in [5, 5.41) is 8.38. The van der Waals surface area contributed by atoms with E-state index in [1.54, 1.807) is 20.8 Å². The van der Waals surface area contributed by atoms with E-state index in [-0.39, 0.29) is 17.9 Å². The summed E-state index contributed by atoms with van der Waals surface area (Å²) in [4.78, 5) is 24.0. The maximum absolute atomic E-state index is 12.2. The number of rotatable bonds is 4. The first-order valence-electron chi connectivity index (χ1n) is 8.46. The van der Waals surface area contributed by atoms with Crippen molar-refractivity contribution in [3.05, 3.63) is 59.7 Å². The number of hydrogen-bond acceptors (Lipinski definition) is 4. The molecule has 2 aromatic rings. The van der Waals surface area contributed by atoms with Crippen molar-refractivity contribution >= 4 is 23.1 Å². The van der Waals surface area contributed by atoms with Gasteiger partial charge in [-0.1, -0.05) is 69.3 Å². The average Bonchev–Trinajstić information content (AvgIpc) is 2.91. The Morgan fingerprint density at radius 3 is 1.77 bits per heavy atom. The van der Waals surface area contributed by atoms with E-state index in [9.17, 15) is 9.59 Å². The van der Waals surface area contributed by atoms with Crippen LogP contribution in [0.3, 0.4) is 0 Å². The van der Waals surface area contributed by atoms with Gasteiger partial charge in [0.15, 0.2) is 0 Å². The van der Waals surface area contributed by atoms with Gasteiger partial charge in [-0.25, -0.2) is 0 Å². The molecule has 5 heteroatoms. The summed E-state index contributed by atoms with van der Waals surface area (Å²) in [5.74, 6) is -0.839. The third-order valence-electron chi connectivity index (χ3n) is 4.37. The van der Waals surface area contributed by atoms with E-state index >= 15 is 0 Å². The maximum Gasteiger partial charge on any atom is 0.265 e. The lowest BCUT2D eigenvalue weighted by molar-refractivity contribution is -0.125. The van der Waals surface area contributed by atoms with Crippen LogP contribution < -0.4 is 5.73 Å². The van der Waals surface area contributed by atoms with Crippen LogP contribution in [0.15, 0.2) is 58.7 Å². The number of nitrogens with two attached hydrogens (primary N) is 1. The maximum atomic E-state index is 12.2. The largest absolute Gasteiger partial charge is 0.364 e. The summed E-state index contributed by atoms with van der Waals surface area (Å²) < 4.78 is 0. The fourth-order valence-corrected chi connectivity index (χ4v) is 2.80. The number of nitrogens with zero attached hydrogens (tertiary/aromatic N) is 2. The van der Waals surface area contributed by atoms with E-state index in [2.05, 4.69) is 10.2 Å². The number of ketones is 1. The molecule has 1 amide bonds. The van der Waals surface area contributed by atoms with Crippen LogP contribution in [0.5, 0.6) is 0 Å². The fourth-order valence-electron chi connectivity index (χ4n) is 2.80. The highest BCUT2D eigenvalue weighted by molar-refractivity contribution is 6.41. The van der Waals surface area contributed by atoms with Gasteiger partial charge in [0.1, 0.15) is 17.2 Å². The van der Waals surface area contributed by atoms with Gasteiger partial charge in [-0.15, -0.1) is 10.2 Å². The molecule has 2 N–H and O–H groups in total. The van der Waals surface area contributed by atoms with Crippen molar-refractivity contribution in [3.63, 3.8) is 0 Å². The molecule has 0 saturated heterocycles. The second kappa shape index (κ2) is 6.67. The van der Waals surface area contributed by atoms with Crippen molar-refractivity contribution in [2.75, 3.05) is 0 Å². The Morgan fingerprint density at radius 2 is 1.35 bits per heavy atom. The van der Waals surface area contributed by atoms with Gasteiger partial charge in [0, 0.05) is 16.5 Å². The number of primary amides is 1. The monoisotopic (exact) mass is 347 g/mol. The average molecular weight is 347 g/mol. The minimum Gasteiger partial charge on any atom is -0.364 e. The van der Waals surface area contributed by atoms with Crippen LogP contribution in [0.25, 0.3) is 11.1 Å². The predicted octanol–water partition coefficient (Wildman–Crippen LogP) is 3.35. The summed E-state index contributed by atoms with van der Waals surface area (Å²) in [5.41, 5.74) is 9.53. The van der Waals surface area contributed by atoms with Gasteiger partial charge in [0.05, 0.1) is 6.42 Å². The van der Waals surface area contributed by atoms with Gasteiger partial charge < -0.3 is 5.73 Å². The molecule has 0 saturated carbocycles. The van der Waals surface area contributed by atoms with E-state index in [4.69, 9.17) is 5.73 Å². The molecule has 132 valence electrons. The second-order valence-electron chi connectivity index (χ2n) is 7.30. The Balaban J connectivity index is 2.04. The highest BCUT2D eigenvalue weighted by Gasteiger charge is 2.26. The Hall–Kier alpha value is -3.08. The first kappa shape index (κ1) is 17.7. The fraction of sp³-hybridized carbons (Fsp3) is 0.238. The summed E-state index contributed by atoms with van der Waals surface area (Å²) in [6.07, 6.45) is -0.126. The van der Waals surface area contributed by atoms with Gasteiger partial charge in [-0.05, 0) is 11.1 Å². The number of amides is 1. The molecule has 0 unspecified atom stereocenters. The van der Waals surface area contributed by atoms with Crippen LogP contribution in [-0.2, 0) is 9.59 Å². The second-order valence-corrected chi connectivity index (χ2v) is 7.30. The molecule has 26 heavy (non-hydrogen) atoms. The normalized spacial score (nSPS) is 13.2. The van der Waals surface area contributed by atoms with Crippen LogP contribution in [0.4, 0.5) is 0 Å². The predicted molar refractivity (Wildman–Crippen MR) is 103 cm³/mol. The van der Waals surface area contributed by atoms with Crippen LogP contribution in [0.2, 0.25) is 0 Å². The molecule has 1 aliphatic rings. The van der Waals surface area contributed by atoms with E-state index in [1.807, 2.05) is 48.5 Å². The molecule has 0 bridgehead atoms. The number of hydrogen-bond donors (Lipinski definition) is 1. The third kappa shape index (κ3) is 3.33. The molecule has 2 aromatic carbocycles. The third-order valence-corrected chi connectivity index (χ3v) is 4.37. The lowest BCUT2D eigenvalue weighted by Gasteiger charge is -2.15. The number of carbonyl (C=O) groups excluding carboxylic acids is 2. The minimum atomic E-state index is -0.730. The van der Waals surface area contributed by atoms with Crippen molar-refractivity contribution in [2.24, 2.45) is 21.4 Å². The van der Waals surface area contributed by atoms with Crippen molar-refractivity contribution < 1.29 is 9.59 Å². The molecule has 0 radical (unpaired) electrons. The Morgan fingerprint density at radius 1 is 0.885 bits per heavy atom. The molecule has 0 aliphatic heterocycles. The molecule has 5 nitrogen and oxygen atoms in total. The molecule has 0 spiro atoms. The molecule has 0 aromatic heterocycles. The Bertz CT molecular complexity index is 902. The van der Waals surface area contributed by atoms with Crippen LogP contribution >= 0.6 is 0 Å². The lowest BCUT2D eigenvalue weighted by atomic mass is 9.88. The number of fused-ring (bicyclic) bond motifs is 3. The zero-order valence-electron chi connectivity index (χ0n) is 15.1. The Labute approximate surface area is 152 Å². The van der Waals surface area contributed by atoms with Crippen molar-refractivity contribution in [1.82, 2.24) is 0 Å². The topological polar surface area (TPSA) is 84.9 Å². The van der Waals surface area contributed by atoms with Gasteiger partial charge in [0.25, 0.3) is 5.91 Å². The number of benzene rings is 2. The van der Waals surface area contributed by atoms with E-state index < -0.39 is 11.3 Å².